The summed E-state index contributed by atoms with van der Waals surface area (Å²) in [4.78, 5) is 0. The van der Waals surface area contributed by atoms with Crippen LogP contribution in [0.15, 0.2) is 18.2 Å². The number of aryl methyl sites for hydroxylation is 1. The second kappa shape index (κ2) is 4.87. The zero-order chi connectivity index (χ0) is 12.5. The van der Waals surface area contributed by atoms with Crippen molar-refractivity contribution in [2.45, 2.75) is 45.3 Å². The topological polar surface area (TPSA) is 21.3 Å². The first-order chi connectivity index (χ1) is 7.96. The predicted octanol–water partition coefficient (Wildman–Crippen LogP) is 4.02. The number of hydrogen-bond donors (Lipinski definition) is 1. The molecule has 3 heteroatoms. The summed E-state index contributed by atoms with van der Waals surface area (Å²) in [7, 11) is 0. The van der Waals surface area contributed by atoms with Crippen LogP contribution in [-0.2, 0) is 4.74 Å². The number of nitrogens with one attached hydrogen (secondary N) is 1. The molecular formula is C14H20ClNO. The molecule has 0 radical (unpaired) electrons. The van der Waals surface area contributed by atoms with E-state index in [4.69, 9.17) is 16.3 Å². The molecule has 0 spiro atoms. The summed E-state index contributed by atoms with van der Waals surface area (Å²) in [5.41, 5.74) is 2.35. The van der Waals surface area contributed by atoms with Gasteiger partial charge in [-0.2, -0.15) is 0 Å². The van der Waals surface area contributed by atoms with Gasteiger partial charge in [0.15, 0.2) is 0 Å². The highest BCUT2D eigenvalue weighted by Crippen LogP contribution is 2.29. The molecule has 2 nitrogen and oxygen atoms in total. The molecule has 94 valence electrons. The van der Waals surface area contributed by atoms with Crippen LogP contribution < -0.4 is 5.32 Å². The molecule has 0 amide bonds. The first-order valence-electron chi connectivity index (χ1n) is 6.14. The highest BCUT2D eigenvalue weighted by Gasteiger charge is 2.31. The molecule has 1 atom stereocenters. The molecule has 1 fully saturated rings. The van der Waals surface area contributed by atoms with Crippen LogP contribution in [0.25, 0.3) is 0 Å². The smallest absolute Gasteiger partial charge is 0.0755 e. The summed E-state index contributed by atoms with van der Waals surface area (Å²) in [6.07, 6.45) is 2.57. The standard InChI is InChI=1S/C14H20ClNO/c1-10-4-5-11(15)8-13(10)16-9-12-6-7-14(2,3)17-12/h4-5,8,12,16H,6-7,9H2,1-3H3. The maximum atomic E-state index is 5.99. The van der Waals surface area contributed by atoms with E-state index in [-0.39, 0.29) is 5.60 Å². The minimum atomic E-state index is 0.0374. The van der Waals surface area contributed by atoms with Gasteiger partial charge in [0.05, 0.1) is 11.7 Å². The van der Waals surface area contributed by atoms with Crippen LogP contribution in [0.4, 0.5) is 5.69 Å². The van der Waals surface area contributed by atoms with Gasteiger partial charge in [-0.25, -0.2) is 0 Å². The van der Waals surface area contributed by atoms with Gasteiger partial charge in [-0.3, -0.25) is 0 Å². The lowest BCUT2D eigenvalue weighted by atomic mass is 10.1. The van der Waals surface area contributed by atoms with Crippen molar-refractivity contribution >= 4 is 17.3 Å². The quantitative estimate of drug-likeness (QED) is 0.879. The molecule has 17 heavy (non-hydrogen) atoms. The Morgan fingerprint density at radius 3 is 2.88 bits per heavy atom. The van der Waals surface area contributed by atoms with E-state index in [0.717, 1.165) is 30.1 Å². The number of ether oxygens (including phenoxy) is 1. The monoisotopic (exact) mass is 253 g/mol. The summed E-state index contributed by atoms with van der Waals surface area (Å²) in [6.45, 7) is 7.23. The van der Waals surface area contributed by atoms with Gasteiger partial charge in [0.1, 0.15) is 0 Å². The average molecular weight is 254 g/mol. The van der Waals surface area contributed by atoms with Crippen molar-refractivity contribution in [3.63, 3.8) is 0 Å². The normalized spacial score (nSPS) is 22.7. The maximum Gasteiger partial charge on any atom is 0.0755 e. The van der Waals surface area contributed by atoms with Gasteiger partial charge in [0.25, 0.3) is 0 Å². The van der Waals surface area contributed by atoms with Crippen molar-refractivity contribution in [3.8, 4) is 0 Å². The second-order valence-electron chi connectivity index (χ2n) is 5.38. The molecular weight excluding hydrogens is 234 g/mol. The van der Waals surface area contributed by atoms with E-state index in [9.17, 15) is 0 Å². The SMILES string of the molecule is Cc1ccc(Cl)cc1NCC1CCC(C)(C)O1. The van der Waals surface area contributed by atoms with E-state index in [2.05, 4.69) is 26.1 Å². The molecule has 1 heterocycles. The summed E-state index contributed by atoms with van der Waals surface area (Å²) in [5.74, 6) is 0. The third-order valence-electron chi connectivity index (χ3n) is 3.27. The van der Waals surface area contributed by atoms with E-state index < -0.39 is 0 Å². The fourth-order valence-electron chi connectivity index (χ4n) is 2.23. The summed E-state index contributed by atoms with van der Waals surface area (Å²) >= 11 is 5.99. The Hall–Kier alpha value is -0.730. The molecule has 1 aliphatic heterocycles. The molecule has 1 aliphatic rings. The lowest BCUT2D eigenvalue weighted by Crippen LogP contribution is -2.25. The van der Waals surface area contributed by atoms with Gasteiger partial charge < -0.3 is 10.1 Å². The lowest BCUT2D eigenvalue weighted by Gasteiger charge is -2.20. The summed E-state index contributed by atoms with van der Waals surface area (Å²) < 4.78 is 5.95. The van der Waals surface area contributed by atoms with Crippen LogP contribution in [0, 0.1) is 6.92 Å². The van der Waals surface area contributed by atoms with Crippen LogP contribution in [0.2, 0.25) is 5.02 Å². The van der Waals surface area contributed by atoms with E-state index in [1.165, 1.54) is 5.56 Å². The first kappa shape index (κ1) is 12.7. The van der Waals surface area contributed by atoms with Crippen molar-refractivity contribution in [2.24, 2.45) is 0 Å². The number of hydrogen-bond acceptors (Lipinski definition) is 2. The number of rotatable bonds is 3. The second-order valence-corrected chi connectivity index (χ2v) is 5.81. The van der Waals surface area contributed by atoms with Gasteiger partial charge >= 0.3 is 0 Å². The van der Waals surface area contributed by atoms with Crippen molar-refractivity contribution < 1.29 is 4.74 Å². The number of halogens is 1. The van der Waals surface area contributed by atoms with Crippen LogP contribution in [-0.4, -0.2) is 18.2 Å². The summed E-state index contributed by atoms with van der Waals surface area (Å²) in [5, 5.41) is 4.19. The van der Waals surface area contributed by atoms with Gasteiger partial charge in [-0.1, -0.05) is 17.7 Å². The highest BCUT2D eigenvalue weighted by molar-refractivity contribution is 6.30. The Bertz CT molecular complexity index is 403. The molecule has 1 N–H and O–H groups in total. The zero-order valence-corrected chi connectivity index (χ0v) is 11.5. The molecule has 2 rings (SSSR count). The molecule has 0 aliphatic carbocycles. The van der Waals surface area contributed by atoms with Crippen LogP contribution in [0.1, 0.15) is 32.3 Å². The van der Waals surface area contributed by atoms with Gasteiger partial charge in [0, 0.05) is 17.3 Å². The molecule has 1 unspecified atom stereocenters. The van der Waals surface area contributed by atoms with Crippen LogP contribution >= 0.6 is 11.6 Å². The van der Waals surface area contributed by atoms with E-state index in [1.54, 1.807) is 0 Å². The van der Waals surface area contributed by atoms with E-state index >= 15 is 0 Å². The van der Waals surface area contributed by atoms with Gasteiger partial charge in [-0.15, -0.1) is 0 Å². The molecule has 0 saturated carbocycles. The average Bonchev–Trinajstić information content (AvgIpc) is 2.60. The number of anilines is 1. The van der Waals surface area contributed by atoms with Crippen LogP contribution in [0.5, 0.6) is 0 Å². The summed E-state index contributed by atoms with van der Waals surface area (Å²) in [6, 6.07) is 5.92. The highest BCUT2D eigenvalue weighted by atomic mass is 35.5. The van der Waals surface area contributed by atoms with Crippen molar-refractivity contribution in [1.82, 2.24) is 0 Å². The van der Waals surface area contributed by atoms with E-state index in [0.29, 0.717) is 6.10 Å². The molecule has 0 bridgehead atoms. The minimum Gasteiger partial charge on any atom is -0.382 e. The fraction of sp³-hybridized carbons (Fsp3) is 0.571. The zero-order valence-electron chi connectivity index (χ0n) is 10.7. The van der Waals surface area contributed by atoms with Crippen molar-refractivity contribution in [2.75, 3.05) is 11.9 Å². The fourth-order valence-corrected chi connectivity index (χ4v) is 2.40. The minimum absolute atomic E-state index is 0.0374. The maximum absolute atomic E-state index is 5.99. The van der Waals surface area contributed by atoms with E-state index in [1.807, 2.05) is 18.2 Å². The number of benzene rings is 1. The van der Waals surface area contributed by atoms with Gasteiger partial charge in [-0.05, 0) is 51.3 Å². The molecule has 0 aromatic heterocycles. The Kier molecular flexibility index (Phi) is 3.64. The third kappa shape index (κ3) is 3.36. The van der Waals surface area contributed by atoms with Gasteiger partial charge in [0.2, 0.25) is 0 Å². The third-order valence-corrected chi connectivity index (χ3v) is 3.51. The molecule has 1 aromatic rings. The first-order valence-corrected chi connectivity index (χ1v) is 6.52. The Morgan fingerprint density at radius 1 is 1.47 bits per heavy atom. The lowest BCUT2D eigenvalue weighted by molar-refractivity contribution is -0.00911. The van der Waals surface area contributed by atoms with Crippen molar-refractivity contribution in [3.05, 3.63) is 28.8 Å². The Morgan fingerprint density at radius 2 is 2.24 bits per heavy atom. The Labute approximate surface area is 108 Å². The predicted molar refractivity (Wildman–Crippen MR) is 72.9 cm³/mol. The van der Waals surface area contributed by atoms with Crippen LogP contribution in [0.3, 0.4) is 0 Å². The molecule has 1 aromatic carbocycles. The largest absolute Gasteiger partial charge is 0.382 e. The van der Waals surface area contributed by atoms with Crippen molar-refractivity contribution in [1.29, 1.82) is 0 Å². The molecule has 1 saturated heterocycles. The Balaban J connectivity index is 1.92.